The molecule has 0 spiro atoms. The molecule has 0 bridgehead atoms. The average Bonchev–Trinajstić information content (AvgIpc) is 2.92. The summed E-state index contributed by atoms with van der Waals surface area (Å²) in [6, 6.07) is 12.9. The summed E-state index contributed by atoms with van der Waals surface area (Å²) in [6.45, 7) is 3.91. The van der Waals surface area contributed by atoms with Crippen molar-refractivity contribution in [3.63, 3.8) is 0 Å². The summed E-state index contributed by atoms with van der Waals surface area (Å²) in [6.07, 6.45) is 4.94. The first-order chi connectivity index (χ1) is 9.86. The van der Waals surface area contributed by atoms with Crippen LogP contribution in [0.15, 0.2) is 48.8 Å². The number of hydrogen-bond donors (Lipinski definition) is 2. The summed E-state index contributed by atoms with van der Waals surface area (Å²) in [5.74, 6) is 0. The number of nitrogens with one attached hydrogen (secondary N) is 2. The highest BCUT2D eigenvalue weighted by Crippen LogP contribution is 2.15. The van der Waals surface area contributed by atoms with E-state index in [0.29, 0.717) is 0 Å². The van der Waals surface area contributed by atoms with Crippen LogP contribution < -0.4 is 5.32 Å². The summed E-state index contributed by atoms with van der Waals surface area (Å²) < 4.78 is 0. The van der Waals surface area contributed by atoms with Crippen molar-refractivity contribution >= 4 is 11.0 Å². The lowest BCUT2D eigenvalue weighted by molar-refractivity contribution is 0.696. The number of aromatic nitrogens is 2. The van der Waals surface area contributed by atoms with Gasteiger partial charge in [-0.3, -0.25) is 0 Å². The second kappa shape index (κ2) is 5.88. The second-order valence-electron chi connectivity index (χ2n) is 4.99. The molecule has 0 aliphatic rings. The molecular formula is C17H19N3. The Hall–Kier alpha value is -2.13. The molecule has 0 aliphatic heterocycles. The zero-order valence-corrected chi connectivity index (χ0v) is 11.7. The van der Waals surface area contributed by atoms with Gasteiger partial charge in [-0.15, -0.1) is 0 Å². The summed E-state index contributed by atoms with van der Waals surface area (Å²) >= 11 is 0. The van der Waals surface area contributed by atoms with E-state index < -0.39 is 0 Å². The van der Waals surface area contributed by atoms with Crippen molar-refractivity contribution in [2.45, 2.75) is 26.4 Å². The number of aryl methyl sites for hydroxylation is 1. The monoisotopic (exact) mass is 265 g/mol. The molecule has 2 aromatic heterocycles. The van der Waals surface area contributed by atoms with Gasteiger partial charge in [0, 0.05) is 30.9 Å². The fourth-order valence-corrected chi connectivity index (χ4v) is 2.39. The average molecular weight is 265 g/mol. The van der Waals surface area contributed by atoms with Crippen molar-refractivity contribution < 1.29 is 0 Å². The molecule has 2 N–H and O–H groups in total. The molecule has 0 atom stereocenters. The molecule has 3 rings (SSSR count). The summed E-state index contributed by atoms with van der Waals surface area (Å²) in [5, 5.41) is 4.68. The maximum Gasteiger partial charge on any atom is 0.137 e. The molecule has 102 valence electrons. The molecule has 20 heavy (non-hydrogen) atoms. The van der Waals surface area contributed by atoms with Crippen molar-refractivity contribution in [1.29, 1.82) is 0 Å². The smallest absolute Gasteiger partial charge is 0.137 e. The molecular weight excluding hydrogens is 246 g/mol. The normalized spacial score (nSPS) is 11.1. The van der Waals surface area contributed by atoms with Crippen molar-refractivity contribution in [1.82, 2.24) is 15.3 Å². The van der Waals surface area contributed by atoms with E-state index >= 15 is 0 Å². The van der Waals surface area contributed by atoms with Crippen LogP contribution in [0, 0.1) is 0 Å². The molecule has 0 amide bonds. The van der Waals surface area contributed by atoms with Crippen LogP contribution in [0.4, 0.5) is 0 Å². The Kier molecular flexibility index (Phi) is 3.79. The Morgan fingerprint density at radius 3 is 2.65 bits per heavy atom. The highest BCUT2D eigenvalue weighted by atomic mass is 14.9. The van der Waals surface area contributed by atoms with Crippen LogP contribution in [-0.4, -0.2) is 9.97 Å². The molecule has 3 heteroatoms. The van der Waals surface area contributed by atoms with Gasteiger partial charge in [0.05, 0.1) is 0 Å². The maximum atomic E-state index is 4.30. The zero-order chi connectivity index (χ0) is 13.8. The van der Waals surface area contributed by atoms with Gasteiger partial charge in [-0.2, -0.15) is 0 Å². The first kappa shape index (κ1) is 12.9. The maximum absolute atomic E-state index is 4.30. The molecule has 0 saturated heterocycles. The minimum Gasteiger partial charge on any atom is -0.346 e. The highest BCUT2D eigenvalue weighted by Gasteiger charge is 2.03. The Balaban J connectivity index is 1.62. The Morgan fingerprint density at radius 1 is 1.05 bits per heavy atom. The molecule has 0 saturated carbocycles. The van der Waals surface area contributed by atoms with Gasteiger partial charge in [0.15, 0.2) is 0 Å². The minimum atomic E-state index is 0.848. The molecule has 0 aliphatic carbocycles. The van der Waals surface area contributed by atoms with Gasteiger partial charge in [-0.25, -0.2) is 4.98 Å². The number of nitrogens with zero attached hydrogens (tertiary/aromatic N) is 1. The Labute approximate surface area is 119 Å². The first-order valence-corrected chi connectivity index (χ1v) is 7.06. The number of aromatic amines is 1. The van der Waals surface area contributed by atoms with Crippen molar-refractivity contribution in [3.05, 3.63) is 65.5 Å². The van der Waals surface area contributed by atoms with Crippen molar-refractivity contribution in [3.8, 4) is 0 Å². The summed E-state index contributed by atoms with van der Waals surface area (Å²) in [7, 11) is 0. The molecule has 3 aromatic rings. The van der Waals surface area contributed by atoms with Crippen LogP contribution in [0.2, 0.25) is 0 Å². The Morgan fingerprint density at radius 2 is 1.85 bits per heavy atom. The van der Waals surface area contributed by atoms with Gasteiger partial charge in [-0.1, -0.05) is 31.2 Å². The molecule has 2 heterocycles. The van der Waals surface area contributed by atoms with Crippen LogP contribution in [0.25, 0.3) is 11.0 Å². The van der Waals surface area contributed by atoms with E-state index in [1.807, 2.05) is 18.5 Å². The quantitative estimate of drug-likeness (QED) is 0.742. The third-order valence-corrected chi connectivity index (χ3v) is 3.61. The van der Waals surface area contributed by atoms with E-state index in [9.17, 15) is 0 Å². The summed E-state index contributed by atoms with van der Waals surface area (Å²) in [4.78, 5) is 7.50. The fraction of sp³-hybridized carbons (Fsp3) is 0.235. The Bertz CT molecular complexity index is 683. The standard InChI is InChI=1S/C17H19N3/c1-2-13-5-7-14(8-6-13)10-18-11-15-12-20-17-16(15)4-3-9-19-17/h3-9,12,18H,2,10-11H2,1H3,(H,19,20). The molecule has 0 unspecified atom stereocenters. The van der Waals surface area contributed by atoms with Crippen molar-refractivity contribution in [2.24, 2.45) is 0 Å². The first-order valence-electron chi connectivity index (χ1n) is 7.06. The van der Waals surface area contributed by atoms with Gasteiger partial charge in [0.25, 0.3) is 0 Å². The summed E-state index contributed by atoms with van der Waals surface area (Å²) in [5.41, 5.74) is 4.92. The fourth-order valence-electron chi connectivity index (χ4n) is 2.39. The van der Waals surface area contributed by atoms with Gasteiger partial charge >= 0.3 is 0 Å². The van der Waals surface area contributed by atoms with E-state index in [4.69, 9.17) is 0 Å². The SMILES string of the molecule is CCc1ccc(CNCc2c[nH]c3ncccc23)cc1. The predicted octanol–water partition coefficient (Wildman–Crippen LogP) is 3.42. The number of fused-ring (bicyclic) bond motifs is 1. The lowest BCUT2D eigenvalue weighted by Gasteiger charge is -2.05. The topological polar surface area (TPSA) is 40.7 Å². The van der Waals surface area contributed by atoms with Gasteiger partial charge in [0.2, 0.25) is 0 Å². The molecule has 3 nitrogen and oxygen atoms in total. The van der Waals surface area contributed by atoms with Crippen LogP contribution in [0.3, 0.4) is 0 Å². The largest absolute Gasteiger partial charge is 0.346 e. The third-order valence-electron chi connectivity index (χ3n) is 3.61. The van der Waals surface area contributed by atoms with Crippen LogP contribution >= 0.6 is 0 Å². The van der Waals surface area contributed by atoms with Crippen LogP contribution in [-0.2, 0) is 19.5 Å². The number of H-pyrrole nitrogens is 1. The number of rotatable bonds is 5. The van der Waals surface area contributed by atoms with Crippen LogP contribution in [0.5, 0.6) is 0 Å². The van der Waals surface area contributed by atoms with E-state index in [2.05, 4.69) is 52.5 Å². The van der Waals surface area contributed by atoms with E-state index in [0.717, 1.165) is 25.2 Å². The van der Waals surface area contributed by atoms with E-state index in [1.165, 1.54) is 22.1 Å². The molecule has 0 radical (unpaired) electrons. The minimum absolute atomic E-state index is 0.848. The number of benzene rings is 1. The second-order valence-corrected chi connectivity index (χ2v) is 4.99. The third kappa shape index (κ3) is 2.73. The van der Waals surface area contributed by atoms with Crippen molar-refractivity contribution in [2.75, 3.05) is 0 Å². The number of hydrogen-bond acceptors (Lipinski definition) is 2. The zero-order valence-electron chi connectivity index (χ0n) is 11.7. The van der Waals surface area contributed by atoms with Crippen LogP contribution in [0.1, 0.15) is 23.6 Å². The van der Waals surface area contributed by atoms with Gasteiger partial charge in [0.1, 0.15) is 5.65 Å². The number of pyridine rings is 1. The lowest BCUT2D eigenvalue weighted by atomic mass is 10.1. The molecule has 0 fully saturated rings. The van der Waals surface area contributed by atoms with E-state index in [-0.39, 0.29) is 0 Å². The lowest BCUT2D eigenvalue weighted by Crippen LogP contribution is -2.12. The van der Waals surface area contributed by atoms with E-state index in [1.54, 1.807) is 0 Å². The predicted molar refractivity (Wildman–Crippen MR) is 82.5 cm³/mol. The van der Waals surface area contributed by atoms with Gasteiger partial charge in [-0.05, 0) is 35.2 Å². The molecule has 1 aromatic carbocycles. The highest BCUT2D eigenvalue weighted by molar-refractivity contribution is 5.79. The van der Waals surface area contributed by atoms with Gasteiger partial charge < -0.3 is 10.3 Å².